The van der Waals surface area contributed by atoms with E-state index in [0.717, 1.165) is 4.88 Å². The van der Waals surface area contributed by atoms with Crippen LogP contribution in [-0.2, 0) is 9.63 Å². The quantitative estimate of drug-likeness (QED) is 0.819. The number of hydrogen-bond donors (Lipinski definition) is 1. The molecule has 1 aromatic carbocycles. The van der Waals surface area contributed by atoms with E-state index in [2.05, 4.69) is 10.5 Å². The number of hydrogen-bond acceptors (Lipinski definition) is 5. The van der Waals surface area contributed by atoms with E-state index < -0.39 is 6.10 Å². The van der Waals surface area contributed by atoms with Gasteiger partial charge in [-0.05, 0) is 37.3 Å². The van der Waals surface area contributed by atoms with Crippen molar-refractivity contribution in [2.45, 2.75) is 19.4 Å². The Morgan fingerprint density at radius 3 is 2.96 bits per heavy atom. The number of nitrogens with zero attached hydrogens (tertiary/aromatic N) is 1. The molecule has 2 aromatic rings. The molecule has 0 radical (unpaired) electrons. The standard InChI is InChI=1S/C16H14Cl2N2O3S/c1-2-22-12-4-3-9(17)7-10(12)19-16(21)13-8-11(20-23-13)14-5-6-15(18)24-14/h3-7,13H,2,8H2,1H3,(H,19,21). The lowest BCUT2D eigenvalue weighted by Crippen LogP contribution is -2.28. The summed E-state index contributed by atoms with van der Waals surface area (Å²) < 4.78 is 6.16. The highest BCUT2D eigenvalue weighted by atomic mass is 35.5. The highest BCUT2D eigenvalue weighted by Gasteiger charge is 2.30. The van der Waals surface area contributed by atoms with Gasteiger partial charge in [0.1, 0.15) is 11.5 Å². The molecule has 0 spiro atoms. The van der Waals surface area contributed by atoms with Gasteiger partial charge in [0.25, 0.3) is 5.91 Å². The molecule has 126 valence electrons. The molecule has 1 amide bonds. The summed E-state index contributed by atoms with van der Waals surface area (Å²) in [5, 5.41) is 7.28. The number of carbonyl (C=O) groups is 1. The molecular formula is C16H14Cl2N2O3S. The topological polar surface area (TPSA) is 59.9 Å². The largest absolute Gasteiger partial charge is 0.492 e. The summed E-state index contributed by atoms with van der Waals surface area (Å²) in [5.74, 6) is 0.249. The summed E-state index contributed by atoms with van der Waals surface area (Å²) in [6.45, 7) is 2.35. The van der Waals surface area contributed by atoms with Crippen molar-refractivity contribution in [2.24, 2.45) is 5.16 Å². The predicted molar refractivity (Wildman–Crippen MR) is 96.6 cm³/mol. The van der Waals surface area contributed by atoms with Crippen LogP contribution in [0.15, 0.2) is 35.5 Å². The van der Waals surface area contributed by atoms with Crippen LogP contribution in [0.25, 0.3) is 0 Å². The Kier molecular flexibility index (Phi) is 5.28. The van der Waals surface area contributed by atoms with Gasteiger partial charge >= 0.3 is 0 Å². The summed E-state index contributed by atoms with van der Waals surface area (Å²) in [6.07, 6.45) is -0.318. The fourth-order valence-electron chi connectivity index (χ4n) is 2.23. The van der Waals surface area contributed by atoms with Crippen molar-refractivity contribution in [3.05, 3.63) is 44.6 Å². The molecule has 0 saturated carbocycles. The summed E-state index contributed by atoms with van der Waals surface area (Å²) in [5.41, 5.74) is 1.22. The first-order valence-corrected chi connectivity index (χ1v) is 8.85. The van der Waals surface area contributed by atoms with Gasteiger partial charge in [-0.2, -0.15) is 0 Å². The van der Waals surface area contributed by atoms with Crippen molar-refractivity contribution in [3.63, 3.8) is 0 Å². The number of carbonyl (C=O) groups excluding carboxylic acids is 1. The van der Waals surface area contributed by atoms with Gasteiger partial charge in [0.05, 0.1) is 21.5 Å². The molecule has 0 aliphatic carbocycles. The van der Waals surface area contributed by atoms with Gasteiger partial charge in [-0.25, -0.2) is 0 Å². The molecule has 3 rings (SSSR count). The highest BCUT2D eigenvalue weighted by Crippen LogP contribution is 2.30. The third kappa shape index (κ3) is 3.83. The smallest absolute Gasteiger partial charge is 0.268 e. The molecule has 0 bridgehead atoms. The molecule has 1 aromatic heterocycles. The highest BCUT2D eigenvalue weighted by molar-refractivity contribution is 7.18. The molecule has 0 saturated heterocycles. The fraction of sp³-hybridized carbons (Fsp3) is 0.250. The summed E-state index contributed by atoms with van der Waals surface area (Å²) in [7, 11) is 0. The Balaban J connectivity index is 1.68. The lowest BCUT2D eigenvalue weighted by Gasteiger charge is -2.13. The zero-order valence-corrected chi connectivity index (χ0v) is 15.0. The molecule has 1 aliphatic heterocycles. The minimum absolute atomic E-state index is 0.306. The first kappa shape index (κ1) is 17.1. The van der Waals surface area contributed by atoms with Crippen molar-refractivity contribution in [1.82, 2.24) is 0 Å². The van der Waals surface area contributed by atoms with E-state index in [1.54, 1.807) is 24.3 Å². The van der Waals surface area contributed by atoms with Gasteiger partial charge in [0, 0.05) is 11.4 Å². The van der Waals surface area contributed by atoms with Crippen molar-refractivity contribution in [1.29, 1.82) is 0 Å². The van der Waals surface area contributed by atoms with Crippen molar-refractivity contribution in [3.8, 4) is 5.75 Å². The average Bonchev–Trinajstić information content (AvgIpc) is 3.19. The van der Waals surface area contributed by atoms with E-state index in [-0.39, 0.29) is 5.91 Å². The fourth-order valence-corrected chi connectivity index (χ4v) is 3.43. The zero-order chi connectivity index (χ0) is 17.1. The monoisotopic (exact) mass is 384 g/mol. The van der Waals surface area contributed by atoms with E-state index in [0.29, 0.717) is 39.5 Å². The second-order valence-corrected chi connectivity index (χ2v) is 7.15. The molecule has 1 atom stereocenters. The van der Waals surface area contributed by atoms with Crippen LogP contribution >= 0.6 is 34.5 Å². The minimum Gasteiger partial charge on any atom is -0.492 e. The minimum atomic E-state index is -0.700. The molecule has 0 fully saturated rings. The number of oxime groups is 1. The number of rotatable bonds is 5. The molecule has 8 heteroatoms. The van der Waals surface area contributed by atoms with Gasteiger partial charge in [0.2, 0.25) is 6.10 Å². The lowest BCUT2D eigenvalue weighted by molar-refractivity contribution is -0.125. The third-order valence-corrected chi connectivity index (χ3v) is 4.83. The molecule has 5 nitrogen and oxygen atoms in total. The van der Waals surface area contributed by atoms with Crippen LogP contribution in [0.1, 0.15) is 18.2 Å². The summed E-state index contributed by atoms with van der Waals surface area (Å²) in [6, 6.07) is 8.71. The second-order valence-electron chi connectivity index (χ2n) is 5.00. The molecule has 24 heavy (non-hydrogen) atoms. The Bertz CT molecular complexity index is 791. The normalized spacial score (nSPS) is 16.5. The Labute approximate surface area is 153 Å². The van der Waals surface area contributed by atoms with Crippen molar-refractivity contribution < 1.29 is 14.4 Å². The van der Waals surface area contributed by atoms with Gasteiger partial charge in [-0.3, -0.25) is 4.79 Å². The maximum atomic E-state index is 12.4. The maximum absolute atomic E-state index is 12.4. The van der Waals surface area contributed by atoms with Crippen LogP contribution in [0, 0.1) is 0 Å². The van der Waals surface area contributed by atoms with Gasteiger partial charge in [-0.1, -0.05) is 28.4 Å². The average molecular weight is 385 g/mol. The van der Waals surface area contributed by atoms with Crippen molar-refractivity contribution >= 4 is 51.8 Å². The van der Waals surface area contributed by atoms with E-state index in [4.69, 9.17) is 32.8 Å². The summed E-state index contributed by atoms with van der Waals surface area (Å²) in [4.78, 5) is 18.6. The predicted octanol–water partition coefficient (Wildman–Crippen LogP) is 4.59. The number of halogens is 2. The number of anilines is 1. The van der Waals surface area contributed by atoms with E-state index >= 15 is 0 Å². The van der Waals surface area contributed by atoms with Crippen LogP contribution in [0.2, 0.25) is 9.36 Å². The van der Waals surface area contributed by atoms with Crippen LogP contribution in [0.4, 0.5) is 5.69 Å². The molecule has 1 unspecified atom stereocenters. The number of thiophene rings is 1. The van der Waals surface area contributed by atoms with Gasteiger partial charge < -0.3 is 14.9 Å². The van der Waals surface area contributed by atoms with Gasteiger partial charge in [0.15, 0.2) is 0 Å². The van der Waals surface area contributed by atoms with Crippen molar-refractivity contribution in [2.75, 3.05) is 11.9 Å². The maximum Gasteiger partial charge on any atom is 0.268 e. The Morgan fingerprint density at radius 2 is 2.25 bits per heavy atom. The molecular weight excluding hydrogens is 371 g/mol. The third-order valence-electron chi connectivity index (χ3n) is 3.32. The first-order valence-electron chi connectivity index (χ1n) is 7.28. The molecule has 2 heterocycles. The lowest BCUT2D eigenvalue weighted by atomic mass is 10.1. The van der Waals surface area contributed by atoms with E-state index in [1.807, 2.05) is 13.0 Å². The number of benzene rings is 1. The second kappa shape index (κ2) is 7.42. The SMILES string of the molecule is CCOc1ccc(Cl)cc1NC(=O)C1CC(c2ccc(Cl)s2)=NO1. The zero-order valence-electron chi connectivity index (χ0n) is 12.7. The van der Waals surface area contributed by atoms with Gasteiger partial charge in [-0.15, -0.1) is 11.3 Å². The number of amides is 1. The summed E-state index contributed by atoms with van der Waals surface area (Å²) >= 11 is 13.3. The Morgan fingerprint density at radius 1 is 1.42 bits per heavy atom. The van der Waals surface area contributed by atoms with Crippen LogP contribution in [0.5, 0.6) is 5.75 Å². The van der Waals surface area contributed by atoms with E-state index in [9.17, 15) is 4.79 Å². The van der Waals surface area contributed by atoms with E-state index in [1.165, 1.54) is 11.3 Å². The van der Waals surface area contributed by atoms with Crippen LogP contribution in [0.3, 0.4) is 0 Å². The van der Waals surface area contributed by atoms with Crippen LogP contribution in [-0.4, -0.2) is 24.3 Å². The molecule has 1 aliphatic rings. The number of ether oxygens (including phenoxy) is 1. The number of nitrogens with one attached hydrogen (secondary N) is 1. The van der Waals surface area contributed by atoms with Crippen LogP contribution < -0.4 is 10.1 Å². The Hall–Kier alpha value is -1.76. The molecule has 1 N–H and O–H groups in total. The first-order chi connectivity index (χ1) is 11.6.